The lowest BCUT2D eigenvalue weighted by Gasteiger charge is -2.07. The van der Waals surface area contributed by atoms with Gasteiger partial charge in [0.2, 0.25) is 5.82 Å². The van der Waals surface area contributed by atoms with Crippen molar-refractivity contribution in [2.45, 2.75) is 12.8 Å². The van der Waals surface area contributed by atoms with Gasteiger partial charge in [-0.05, 0) is 62.8 Å². The maximum absolute atomic E-state index is 13.4. The normalized spacial score (nSPS) is 12.0. The Morgan fingerprint density at radius 2 is 1.97 bits per heavy atom. The lowest BCUT2D eigenvalue weighted by molar-refractivity contribution is 0.234. The van der Waals surface area contributed by atoms with Crippen molar-refractivity contribution >= 4 is 39.2 Å². The van der Waals surface area contributed by atoms with Crippen LogP contribution in [0.3, 0.4) is 0 Å². The van der Waals surface area contributed by atoms with Gasteiger partial charge in [-0.3, -0.25) is 15.7 Å². The van der Waals surface area contributed by atoms with E-state index >= 15 is 0 Å². The zero-order valence-electron chi connectivity index (χ0n) is 17.6. The highest BCUT2D eigenvalue weighted by Gasteiger charge is 2.16. The van der Waals surface area contributed by atoms with Gasteiger partial charge in [0.05, 0.1) is 10.2 Å². The molecule has 0 saturated heterocycles. The van der Waals surface area contributed by atoms with E-state index in [2.05, 4.69) is 59.0 Å². The molecule has 0 amide bonds. The number of hydrogen-bond acceptors (Lipinski definition) is 7. The van der Waals surface area contributed by atoms with Crippen LogP contribution in [0.2, 0.25) is 0 Å². The highest BCUT2D eigenvalue weighted by atomic mass is 79.9. The van der Waals surface area contributed by atoms with Crippen molar-refractivity contribution in [3.05, 3.63) is 70.1 Å². The molecule has 0 atom stereocenters. The third-order valence-electron chi connectivity index (χ3n) is 4.43. The van der Waals surface area contributed by atoms with Crippen molar-refractivity contribution in [2.75, 3.05) is 25.0 Å². The molecule has 0 aliphatic heterocycles. The number of nitrogens with zero attached hydrogens (tertiary/aromatic N) is 4. The first-order chi connectivity index (χ1) is 16.1. The van der Waals surface area contributed by atoms with Crippen LogP contribution in [0.5, 0.6) is 0 Å². The van der Waals surface area contributed by atoms with Crippen LogP contribution in [0, 0.1) is 5.82 Å². The molecule has 0 aliphatic rings. The predicted octanol–water partition coefficient (Wildman–Crippen LogP) is 2.98. The standard InChI is InChI=1S/C21H24BrFN8O2/c22-16-13-15(7-8-17(16)23)28-20(29-32)18-19(31-33-30-18)25-10-4-11-26-21(24)27-12-9-14-5-2-1-3-6-14/h1-3,5-8,13,32H,4,9-12H2,(H,25,31)(H,28,29)(H3,24,26,27). The molecule has 0 aliphatic carbocycles. The highest BCUT2D eigenvalue weighted by molar-refractivity contribution is 9.10. The van der Waals surface area contributed by atoms with E-state index in [9.17, 15) is 9.60 Å². The minimum Gasteiger partial charge on any atom is -0.370 e. The largest absolute Gasteiger partial charge is 0.370 e. The van der Waals surface area contributed by atoms with Gasteiger partial charge in [-0.1, -0.05) is 30.3 Å². The number of aliphatic imine (C=N–C) groups is 2. The van der Waals surface area contributed by atoms with Gasteiger partial charge in [0.1, 0.15) is 5.82 Å². The van der Waals surface area contributed by atoms with Gasteiger partial charge in [0.25, 0.3) is 0 Å². The maximum Gasteiger partial charge on any atom is 0.202 e. The van der Waals surface area contributed by atoms with Gasteiger partial charge in [-0.25, -0.2) is 14.0 Å². The van der Waals surface area contributed by atoms with Crippen LogP contribution in [0.15, 0.2) is 67.6 Å². The first-order valence-corrected chi connectivity index (χ1v) is 10.9. The molecule has 10 nitrogen and oxygen atoms in total. The van der Waals surface area contributed by atoms with Gasteiger partial charge in [-0.15, -0.1) is 0 Å². The van der Waals surface area contributed by atoms with Gasteiger partial charge in [-0.2, -0.15) is 0 Å². The second-order valence-corrected chi connectivity index (χ2v) is 7.70. The Hall–Kier alpha value is -3.51. The van der Waals surface area contributed by atoms with Crippen LogP contribution < -0.4 is 21.8 Å². The summed E-state index contributed by atoms with van der Waals surface area (Å²) in [4.78, 5) is 8.50. The number of anilines is 1. The molecule has 3 aromatic rings. The Labute approximate surface area is 198 Å². The molecule has 174 valence electrons. The smallest absolute Gasteiger partial charge is 0.202 e. The van der Waals surface area contributed by atoms with Crippen LogP contribution >= 0.6 is 15.9 Å². The van der Waals surface area contributed by atoms with Crippen molar-refractivity contribution in [3.63, 3.8) is 0 Å². The maximum atomic E-state index is 13.4. The average Bonchev–Trinajstić information content (AvgIpc) is 3.28. The molecule has 12 heteroatoms. The molecule has 1 heterocycles. The first-order valence-electron chi connectivity index (χ1n) is 10.1. The van der Waals surface area contributed by atoms with Crippen LogP contribution in [0.25, 0.3) is 0 Å². The van der Waals surface area contributed by atoms with E-state index < -0.39 is 5.82 Å². The quantitative estimate of drug-likeness (QED) is 0.119. The van der Waals surface area contributed by atoms with E-state index in [0.717, 1.165) is 6.42 Å². The van der Waals surface area contributed by atoms with Gasteiger partial charge >= 0.3 is 0 Å². The predicted molar refractivity (Wildman–Crippen MR) is 127 cm³/mol. The number of benzene rings is 2. The molecule has 1 aromatic heterocycles. The summed E-state index contributed by atoms with van der Waals surface area (Å²) in [5, 5.41) is 23.2. The van der Waals surface area contributed by atoms with Crippen molar-refractivity contribution in [2.24, 2.45) is 15.7 Å². The molecule has 0 radical (unpaired) electrons. The van der Waals surface area contributed by atoms with Crippen LogP contribution in [0.1, 0.15) is 17.7 Å². The number of amidine groups is 1. The van der Waals surface area contributed by atoms with Crippen LogP contribution in [-0.2, 0) is 6.42 Å². The van der Waals surface area contributed by atoms with E-state index in [1.807, 2.05) is 23.7 Å². The number of hydroxylamine groups is 1. The van der Waals surface area contributed by atoms with E-state index in [1.165, 1.54) is 23.8 Å². The summed E-state index contributed by atoms with van der Waals surface area (Å²) < 4.78 is 18.4. The fourth-order valence-corrected chi connectivity index (χ4v) is 3.16. The zero-order chi connectivity index (χ0) is 23.5. The Kier molecular flexibility index (Phi) is 9.15. The third kappa shape index (κ3) is 7.54. The first kappa shape index (κ1) is 24.1. The topological polar surface area (TPSA) is 146 Å². The Morgan fingerprint density at radius 3 is 2.73 bits per heavy atom. The number of rotatable bonds is 10. The van der Waals surface area contributed by atoms with E-state index in [1.54, 1.807) is 0 Å². The van der Waals surface area contributed by atoms with Crippen molar-refractivity contribution in [1.29, 1.82) is 0 Å². The van der Waals surface area contributed by atoms with Gasteiger partial charge < -0.3 is 16.4 Å². The lowest BCUT2D eigenvalue weighted by atomic mass is 10.1. The molecular weight excluding hydrogens is 495 g/mol. The number of halogens is 2. The van der Waals surface area contributed by atoms with Crippen LogP contribution in [-0.4, -0.2) is 47.0 Å². The van der Waals surface area contributed by atoms with Crippen molar-refractivity contribution in [1.82, 2.24) is 21.1 Å². The number of hydrogen-bond donors (Lipinski definition) is 5. The molecule has 0 fully saturated rings. The SMILES string of the molecule is NC(=NCCCNc1nonc1C(=Nc1ccc(F)c(Br)c1)NO)NCCc1ccccc1. The summed E-state index contributed by atoms with van der Waals surface area (Å²) in [5.74, 6) is 0.239. The molecular formula is C21H24BrFN8O2. The highest BCUT2D eigenvalue weighted by Crippen LogP contribution is 2.23. The third-order valence-corrected chi connectivity index (χ3v) is 5.04. The summed E-state index contributed by atoms with van der Waals surface area (Å²) in [6.45, 7) is 1.70. The number of guanidine groups is 1. The summed E-state index contributed by atoms with van der Waals surface area (Å²) in [6, 6.07) is 14.3. The number of nitrogens with one attached hydrogen (secondary N) is 3. The summed E-state index contributed by atoms with van der Waals surface area (Å²) in [5.41, 5.74) is 9.64. The Balaban J connectivity index is 1.46. The Bertz CT molecular complexity index is 1090. The second kappa shape index (κ2) is 12.5. The second-order valence-electron chi connectivity index (χ2n) is 6.84. The molecule has 0 saturated carbocycles. The van der Waals surface area contributed by atoms with Crippen LogP contribution in [0.4, 0.5) is 15.9 Å². The molecule has 0 bridgehead atoms. The summed E-state index contributed by atoms with van der Waals surface area (Å²) >= 11 is 3.09. The minimum atomic E-state index is -0.424. The fraction of sp³-hybridized carbons (Fsp3) is 0.238. The molecule has 0 unspecified atom stereocenters. The molecule has 33 heavy (non-hydrogen) atoms. The zero-order valence-corrected chi connectivity index (χ0v) is 19.2. The summed E-state index contributed by atoms with van der Waals surface area (Å²) in [7, 11) is 0. The average molecular weight is 519 g/mol. The van der Waals surface area contributed by atoms with Gasteiger partial charge in [0, 0.05) is 19.6 Å². The molecule has 2 aromatic carbocycles. The fourth-order valence-electron chi connectivity index (χ4n) is 2.80. The molecule has 6 N–H and O–H groups in total. The van der Waals surface area contributed by atoms with Crippen molar-refractivity contribution in [3.8, 4) is 0 Å². The number of nitrogens with two attached hydrogens (primary N) is 1. The minimum absolute atomic E-state index is 0.0119. The lowest BCUT2D eigenvalue weighted by Crippen LogP contribution is -2.33. The van der Waals surface area contributed by atoms with E-state index in [-0.39, 0.29) is 21.8 Å². The van der Waals surface area contributed by atoms with E-state index in [0.29, 0.717) is 37.7 Å². The van der Waals surface area contributed by atoms with Crippen molar-refractivity contribution < 1.29 is 14.2 Å². The molecule has 0 spiro atoms. The summed E-state index contributed by atoms with van der Waals surface area (Å²) in [6.07, 6.45) is 1.52. The monoisotopic (exact) mass is 518 g/mol. The number of aromatic nitrogens is 2. The van der Waals surface area contributed by atoms with Gasteiger partial charge in [0.15, 0.2) is 17.5 Å². The van der Waals surface area contributed by atoms with E-state index in [4.69, 9.17) is 10.4 Å². The molecule has 3 rings (SSSR count). The Morgan fingerprint density at radius 1 is 1.15 bits per heavy atom.